The zero-order valence-electron chi connectivity index (χ0n) is 9.40. The smallest absolute Gasteiger partial charge is 0.316 e. The largest absolute Gasteiger partial charge is 0.351 e. The summed E-state index contributed by atoms with van der Waals surface area (Å²) in [5.41, 5.74) is 0.771. The van der Waals surface area contributed by atoms with E-state index in [9.17, 15) is 9.59 Å². The maximum absolute atomic E-state index is 11.5. The maximum atomic E-state index is 11.5. The quantitative estimate of drug-likeness (QED) is 0.555. The minimum absolute atomic E-state index is 0.241. The third kappa shape index (κ3) is 3.96. The molecule has 0 aromatic heterocycles. The number of rotatable bonds is 5. The van der Waals surface area contributed by atoms with Crippen LogP contribution < -0.4 is 5.32 Å². The van der Waals surface area contributed by atoms with Crippen molar-refractivity contribution in [1.29, 1.82) is 0 Å². The number of hydrogen-bond acceptors (Lipinski definition) is 2. The topological polar surface area (TPSA) is 49.4 Å². The molecule has 0 aliphatic rings. The van der Waals surface area contributed by atoms with E-state index in [-0.39, 0.29) is 6.54 Å². The average Bonchev–Trinajstić information content (AvgIpc) is 2.32. The van der Waals surface area contributed by atoms with Crippen LogP contribution in [-0.4, -0.2) is 30.3 Å². The van der Waals surface area contributed by atoms with E-state index in [1.54, 1.807) is 18.2 Å². The highest BCUT2D eigenvalue weighted by Gasteiger charge is 2.18. The summed E-state index contributed by atoms with van der Waals surface area (Å²) in [6, 6.07) is 0. The van der Waals surface area contributed by atoms with E-state index in [1.807, 2.05) is 0 Å². The van der Waals surface area contributed by atoms with Crippen LogP contribution in [0.3, 0.4) is 0 Å². The third-order valence-corrected chi connectivity index (χ3v) is 1.85. The normalized spacial score (nSPS) is 10.2. The van der Waals surface area contributed by atoms with Crippen LogP contribution in [0.2, 0.25) is 0 Å². The molecule has 0 aliphatic heterocycles. The number of carbonyl (C=O) groups is 2. The molecule has 0 unspecified atom stereocenters. The molecular formula is C12H16N2O2. The van der Waals surface area contributed by atoms with Crippen LogP contribution in [0.25, 0.3) is 0 Å². The van der Waals surface area contributed by atoms with Gasteiger partial charge in [-0.3, -0.25) is 9.59 Å². The van der Waals surface area contributed by atoms with E-state index in [0.717, 1.165) is 5.57 Å². The SMILES string of the molecule is C=C/C=C(\C=C)CN(C=C)C(=O)C(=O)NC. The van der Waals surface area contributed by atoms with Crippen molar-refractivity contribution in [2.75, 3.05) is 13.6 Å². The van der Waals surface area contributed by atoms with Gasteiger partial charge in [0.25, 0.3) is 0 Å². The molecule has 1 N–H and O–H groups in total. The molecule has 0 saturated carbocycles. The van der Waals surface area contributed by atoms with Gasteiger partial charge in [-0.15, -0.1) is 0 Å². The Balaban J connectivity index is 4.75. The van der Waals surface area contributed by atoms with Crippen molar-refractivity contribution in [3.63, 3.8) is 0 Å². The minimum Gasteiger partial charge on any atom is -0.351 e. The lowest BCUT2D eigenvalue weighted by atomic mass is 10.2. The second kappa shape index (κ2) is 7.23. The van der Waals surface area contributed by atoms with Crippen LogP contribution in [0.5, 0.6) is 0 Å². The molecular weight excluding hydrogens is 204 g/mol. The summed E-state index contributed by atoms with van der Waals surface area (Å²) in [6.07, 6.45) is 6.19. The number of hydrogen-bond donors (Lipinski definition) is 1. The fourth-order valence-corrected chi connectivity index (χ4v) is 0.990. The number of amides is 2. The van der Waals surface area contributed by atoms with E-state index in [1.165, 1.54) is 18.1 Å². The standard InChI is InChI=1S/C12H16N2O2/c1-5-8-10(6-2)9-14(7-3)12(16)11(15)13-4/h5-8H,1-3,9H2,4H3,(H,13,15)/b10-8+. The highest BCUT2D eigenvalue weighted by molar-refractivity contribution is 6.35. The van der Waals surface area contributed by atoms with Gasteiger partial charge in [-0.05, 0) is 5.57 Å². The van der Waals surface area contributed by atoms with Crippen LogP contribution in [0.1, 0.15) is 0 Å². The molecule has 4 nitrogen and oxygen atoms in total. The lowest BCUT2D eigenvalue weighted by Crippen LogP contribution is -2.39. The van der Waals surface area contributed by atoms with E-state index in [4.69, 9.17) is 0 Å². The Bertz CT molecular complexity index is 343. The number of allylic oxidation sites excluding steroid dienone is 2. The van der Waals surface area contributed by atoms with Crippen molar-refractivity contribution in [3.05, 3.63) is 49.7 Å². The van der Waals surface area contributed by atoms with Gasteiger partial charge in [-0.2, -0.15) is 0 Å². The van der Waals surface area contributed by atoms with Gasteiger partial charge in [0.2, 0.25) is 0 Å². The first-order chi connectivity index (χ1) is 7.60. The molecule has 4 heteroatoms. The summed E-state index contributed by atoms with van der Waals surface area (Å²) in [6.45, 7) is 10.9. The van der Waals surface area contributed by atoms with E-state index in [0.29, 0.717) is 0 Å². The zero-order valence-corrected chi connectivity index (χ0v) is 9.40. The van der Waals surface area contributed by atoms with Gasteiger partial charge in [0.1, 0.15) is 0 Å². The van der Waals surface area contributed by atoms with Crippen LogP contribution in [-0.2, 0) is 9.59 Å². The van der Waals surface area contributed by atoms with Gasteiger partial charge >= 0.3 is 11.8 Å². The molecule has 0 bridgehead atoms. The molecule has 0 radical (unpaired) electrons. The number of likely N-dealkylation sites (N-methyl/N-ethyl adjacent to an activating group) is 1. The summed E-state index contributed by atoms with van der Waals surface area (Å²) in [5.74, 6) is -1.34. The summed E-state index contributed by atoms with van der Waals surface area (Å²) in [5, 5.41) is 2.26. The first-order valence-corrected chi connectivity index (χ1v) is 4.70. The molecule has 0 saturated heterocycles. The predicted octanol–water partition coefficient (Wildman–Crippen LogP) is 1.00. The summed E-state index contributed by atoms with van der Waals surface area (Å²) >= 11 is 0. The first kappa shape index (κ1) is 13.9. The first-order valence-electron chi connectivity index (χ1n) is 4.70. The number of nitrogens with one attached hydrogen (secondary N) is 1. The molecule has 16 heavy (non-hydrogen) atoms. The Kier molecular flexibility index (Phi) is 6.28. The van der Waals surface area contributed by atoms with Crippen molar-refractivity contribution < 1.29 is 9.59 Å². The number of carbonyl (C=O) groups excluding carboxylic acids is 2. The summed E-state index contributed by atoms with van der Waals surface area (Å²) in [7, 11) is 1.40. The highest BCUT2D eigenvalue weighted by Crippen LogP contribution is 2.02. The van der Waals surface area contributed by atoms with Gasteiger partial charge in [-0.1, -0.05) is 38.0 Å². The second-order valence-corrected chi connectivity index (χ2v) is 2.88. The molecule has 0 atom stereocenters. The predicted molar refractivity (Wildman–Crippen MR) is 64.5 cm³/mol. The van der Waals surface area contributed by atoms with Gasteiger partial charge < -0.3 is 10.2 Å². The molecule has 0 aromatic rings. The van der Waals surface area contributed by atoms with Gasteiger partial charge in [0.05, 0.1) is 6.54 Å². The molecule has 86 valence electrons. The summed E-state index contributed by atoms with van der Waals surface area (Å²) in [4.78, 5) is 23.8. The monoisotopic (exact) mass is 220 g/mol. The molecule has 0 fully saturated rings. The van der Waals surface area contributed by atoms with Gasteiger partial charge in [0, 0.05) is 13.2 Å². The Morgan fingerprint density at radius 3 is 2.31 bits per heavy atom. The lowest BCUT2D eigenvalue weighted by Gasteiger charge is -2.17. The Hall–Kier alpha value is -2.10. The Labute approximate surface area is 95.6 Å². The number of nitrogens with zero attached hydrogens (tertiary/aromatic N) is 1. The fraction of sp³-hybridized carbons (Fsp3) is 0.167. The third-order valence-electron chi connectivity index (χ3n) is 1.85. The van der Waals surface area contributed by atoms with Crippen molar-refractivity contribution in [2.24, 2.45) is 0 Å². The van der Waals surface area contributed by atoms with Gasteiger partial charge in [-0.25, -0.2) is 0 Å². The Morgan fingerprint density at radius 2 is 1.94 bits per heavy atom. The fourth-order valence-electron chi connectivity index (χ4n) is 0.990. The molecule has 0 aliphatic carbocycles. The Morgan fingerprint density at radius 1 is 1.31 bits per heavy atom. The molecule has 0 spiro atoms. The van der Waals surface area contributed by atoms with E-state index in [2.05, 4.69) is 25.1 Å². The molecule has 0 heterocycles. The lowest BCUT2D eigenvalue weighted by molar-refractivity contribution is -0.143. The highest BCUT2D eigenvalue weighted by atomic mass is 16.2. The van der Waals surface area contributed by atoms with E-state index >= 15 is 0 Å². The minimum atomic E-state index is -0.679. The van der Waals surface area contributed by atoms with Crippen LogP contribution >= 0.6 is 0 Å². The van der Waals surface area contributed by atoms with Crippen LogP contribution in [0.4, 0.5) is 0 Å². The maximum Gasteiger partial charge on any atom is 0.316 e. The second-order valence-electron chi connectivity index (χ2n) is 2.88. The zero-order chi connectivity index (χ0) is 12.6. The van der Waals surface area contributed by atoms with E-state index < -0.39 is 11.8 Å². The molecule has 0 rings (SSSR count). The molecule has 0 aromatic carbocycles. The molecule has 2 amide bonds. The van der Waals surface area contributed by atoms with Crippen molar-refractivity contribution in [1.82, 2.24) is 10.2 Å². The van der Waals surface area contributed by atoms with Gasteiger partial charge in [0.15, 0.2) is 0 Å². The summed E-state index contributed by atoms with van der Waals surface area (Å²) < 4.78 is 0. The van der Waals surface area contributed by atoms with Crippen LogP contribution in [0, 0.1) is 0 Å². The van der Waals surface area contributed by atoms with Crippen LogP contribution in [0.15, 0.2) is 49.7 Å². The average molecular weight is 220 g/mol. The van der Waals surface area contributed by atoms with Crippen molar-refractivity contribution in [2.45, 2.75) is 0 Å². The van der Waals surface area contributed by atoms with Crippen molar-refractivity contribution in [3.8, 4) is 0 Å². The van der Waals surface area contributed by atoms with Crippen molar-refractivity contribution >= 4 is 11.8 Å².